The Morgan fingerprint density at radius 1 is 0.900 bits per heavy atom. The van der Waals surface area contributed by atoms with E-state index in [4.69, 9.17) is 0 Å². The van der Waals surface area contributed by atoms with Gasteiger partial charge in [0.25, 0.3) is 0 Å². The van der Waals surface area contributed by atoms with Crippen molar-refractivity contribution in [2.24, 2.45) is 0 Å². The average molecular weight is 326 g/mol. The summed E-state index contributed by atoms with van der Waals surface area (Å²) in [4.78, 5) is 4.42. The van der Waals surface area contributed by atoms with Crippen molar-refractivity contribution in [3.8, 4) is 11.1 Å². The summed E-state index contributed by atoms with van der Waals surface area (Å²) < 4.78 is 2.60. The van der Waals surface area contributed by atoms with Gasteiger partial charge in [0.2, 0.25) is 0 Å². The maximum absolute atomic E-state index is 4.43. The number of benzene rings is 1. The zero-order chi connectivity index (χ0) is 13.8. The second kappa shape index (κ2) is 5.84. The van der Waals surface area contributed by atoms with Crippen LogP contribution < -0.4 is 4.68 Å². The Kier molecular flexibility index (Phi) is 3.74. The Morgan fingerprint density at radius 2 is 1.60 bits per heavy atom. The Labute approximate surface area is 126 Å². The van der Waals surface area contributed by atoms with Crippen LogP contribution in [0.4, 0.5) is 5.82 Å². The third-order valence-corrected chi connectivity index (χ3v) is 3.42. The molecule has 0 fully saturated rings. The van der Waals surface area contributed by atoms with Crippen LogP contribution in [0.2, 0.25) is 0 Å². The Bertz CT molecular complexity index is 699. The molecule has 0 unspecified atom stereocenters. The summed E-state index contributed by atoms with van der Waals surface area (Å²) in [6.45, 7) is 0. The number of halogens is 1. The summed E-state index contributed by atoms with van der Waals surface area (Å²) in [7, 11) is 0. The first-order chi connectivity index (χ1) is 9.83. The molecule has 3 nitrogen and oxygen atoms in total. The topological polar surface area (TPSA) is 30.9 Å². The summed E-state index contributed by atoms with van der Waals surface area (Å²) in [5.74, 6) is 0.654. The van der Waals surface area contributed by atoms with Crippen molar-refractivity contribution in [2.75, 3.05) is 0 Å². The van der Waals surface area contributed by atoms with Crippen LogP contribution in [-0.4, -0.2) is 4.98 Å². The minimum Gasteiger partial charge on any atom is -0.437 e. The lowest BCUT2D eigenvalue weighted by atomic mass is 10.1. The highest BCUT2D eigenvalue weighted by Gasteiger charge is 2.01. The summed E-state index contributed by atoms with van der Waals surface area (Å²) >= 11 is 3.53. The molecule has 0 aliphatic carbocycles. The van der Waals surface area contributed by atoms with Crippen LogP contribution in [0, 0.1) is 0 Å². The van der Waals surface area contributed by atoms with Crippen LogP contribution in [0.1, 0.15) is 0 Å². The fraction of sp³-hybridized carbons (Fsp3) is 0. The van der Waals surface area contributed by atoms with Crippen molar-refractivity contribution >= 4 is 21.7 Å². The van der Waals surface area contributed by atoms with Crippen molar-refractivity contribution in [1.29, 1.82) is 0 Å². The van der Waals surface area contributed by atoms with Crippen LogP contribution in [0.25, 0.3) is 16.6 Å². The van der Waals surface area contributed by atoms with Gasteiger partial charge >= 0.3 is 0 Å². The molecule has 1 aromatic carbocycles. The van der Waals surface area contributed by atoms with Crippen LogP contribution in [0.15, 0.2) is 77.7 Å². The van der Waals surface area contributed by atoms with Gasteiger partial charge in [-0.2, -0.15) is 10.1 Å². The zero-order valence-electron chi connectivity index (χ0n) is 10.6. The lowest BCUT2D eigenvalue weighted by Gasteiger charge is -2.13. The minimum absolute atomic E-state index is 0.654. The van der Waals surface area contributed by atoms with Gasteiger partial charge in [-0.25, -0.2) is 0 Å². The van der Waals surface area contributed by atoms with Crippen molar-refractivity contribution in [1.82, 2.24) is 4.98 Å². The minimum atomic E-state index is 0.654. The molecule has 3 rings (SSSR count). The van der Waals surface area contributed by atoms with Gasteiger partial charge in [-0.1, -0.05) is 58.5 Å². The predicted molar refractivity (Wildman–Crippen MR) is 82.4 cm³/mol. The molecule has 2 heterocycles. The van der Waals surface area contributed by atoms with E-state index in [0.29, 0.717) is 5.82 Å². The largest absolute Gasteiger partial charge is 0.437 e. The maximum Gasteiger partial charge on any atom is 0.182 e. The van der Waals surface area contributed by atoms with Crippen LogP contribution in [-0.2, 0) is 0 Å². The number of hydrogen-bond donors (Lipinski definition) is 0. The first-order valence-electron chi connectivity index (χ1n) is 6.22. The summed E-state index contributed by atoms with van der Waals surface area (Å²) in [6, 6.07) is 18.0. The van der Waals surface area contributed by atoms with E-state index in [1.54, 1.807) is 4.68 Å². The van der Waals surface area contributed by atoms with Crippen LogP contribution in [0.5, 0.6) is 0 Å². The Hall–Kier alpha value is -2.20. The van der Waals surface area contributed by atoms with Gasteiger partial charge in [0.05, 0.1) is 0 Å². The van der Waals surface area contributed by atoms with Gasteiger partial charge in [-0.05, 0) is 17.2 Å². The number of pyridine rings is 2. The van der Waals surface area contributed by atoms with E-state index in [-0.39, 0.29) is 0 Å². The van der Waals surface area contributed by atoms with Gasteiger partial charge in [-0.3, -0.25) is 0 Å². The highest BCUT2D eigenvalue weighted by Crippen LogP contribution is 2.29. The fourth-order valence-corrected chi connectivity index (χ4v) is 2.29. The van der Waals surface area contributed by atoms with Crippen LogP contribution >= 0.6 is 15.9 Å². The number of nitrogens with zero attached hydrogens (tertiary/aromatic N) is 3. The lowest BCUT2D eigenvalue weighted by Crippen LogP contribution is -2.26. The molecule has 0 aliphatic rings. The number of rotatable bonds is 3. The molecule has 0 amide bonds. The quantitative estimate of drug-likeness (QED) is 0.661. The van der Waals surface area contributed by atoms with Gasteiger partial charge < -0.3 is 4.98 Å². The molecule has 2 aromatic heterocycles. The second-order valence-electron chi connectivity index (χ2n) is 4.25. The average Bonchev–Trinajstić information content (AvgIpc) is 2.51. The molecule has 3 aromatic rings. The van der Waals surface area contributed by atoms with E-state index < -0.39 is 0 Å². The fourth-order valence-electron chi connectivity index (χ4n) is 1.86. The molecule has 0 saturated heterocycles. The normalized spacial score (nSPS) is 10.2. The van der Waals surface area contributed by atoms with Crippen molar-refractivity contribution in [3.63, 3.8) is 0 Å². The van der Waals surface area contributed by atoms with E-state index in [1.807, 2.05) is 61.1 Å². The predicted octanol–water partition coefficient (Wildman–Crippen LogP) is 4.27. The van der Waals surface area contributed by atoms with Gasteiger partial charge in [-0.15, -0.1) is 0 Å². The molecule has 0 radical (unpaired) electrons. The van der Waals surface area contributed by atoms with E-state index in [2.05, 4.69) is 38.5 Å². The van der Waals surface area contributed by atoms with Crippen LogP contribution in [0.3, 0.4) is 0 Å². The van der Waals surface area contributed by atoms with Crippen molar-refractivity contribution in [2.45, 2.75) is 0 Å². The molecule has 4 heteroatoms. The molecule has 98 valence electrons. The van der Waals surface area contributed by atoms with Gasteiger partial charge in [0, 0.05) is 22.4 Å². The molecular weight excluding hydrogens is 314 g/mol. The van der Waals surface area contributed by atoms with Crippen molar-refractivity contribution < 1.29 is 4.68 Å². The van der Waals surface area contributed by atoms with Gasteiger partial charge in [0.15, 0.2) is 12.4 Å². The van der Waals surface area contributed by atoms with Crippen molar-refractivity contribution in [3.05, 3.63) is 83.1 Å². The molecule has 0 aliphatic heterocycles. The highest BCUT2D eigenvalue weighted by atomic mass is 79.9. The summed E-state index contributed by atoms with van der Waals surface area (Å²) in [5, 5.41) is 0. The Morgan fingerprint density at radius 3 is 2.30 bits per heavy atom. The van der Waals surface area contributed by atoms with E-state index >= 15 is 0 Å². The highest BCUT2D eigenvalue weighted by molar-refractivity contribution is 9.10. The molecule has 0 atom stereocenters. The second-order valence-corrected chi connectivity index (χ2v) is 5.11. The maximum atomic E-state index is 4.43. The molecule has 0 bridgehead atoms. The first kappa shape index (κ1) is 12.8. The Balaban J connectivity index is 1.89. The molecule has 20 heavy (non-hydrogen) atoms. The summed E-state index contributed by atoms with van der Waals surface area (Å²) in [5.41, 5.74) is 6.64. The number of aromatic nitrogens is 2. The van der Waals surface area contributed by atoms with Gasteiger partial charge in [0.1, 0.15) is 0 Å². The van der Waals surface area contributed by atoms with E-state index in [0.717, 1.165) is 15.6 Å². The molecule has 0 N–H and O–H groups in total. The summed E-state index contributed by atoms with van der Waals surface area (Å²) in [6.07, 6.45) is 5.58. The standard InChI is InChI=1S/C16H12BrN3/c17-15-11-14(13-7-3-1-4-8-13)12-18-16(15)19-20-9-5-2-6-10-20/h1-12H. The molecular formula is C16H12BrN3. The molecule has 0 saturated carbocycles. The third-order valence-electron chi connectivity index (χ3n) is 2.84. The monoisotopic (exact) mass is 325 g/mol. The zero-order valence-corrected chi connectivity index (χ0v) is 12.2. The number of hydrogen-bond acceptors (Lipinski definition) is 1. The van der Waals surface area contributed by atoms with E-state index in [9.17, 15) is 0 Å². The first-order valence-corrected chi connectivity index (χ1v) is 7.01. The van der Waals surface area contributed by atoms with E-state index in [1.165, 1.54) is 0 Å². The third kappa shape index (κ3) is 2.86. The SMILES string of the molecule is Brc1cc(-c2ccccc2)cnc1[N-][n+]1ccccc1. The molecule has 0 spiro atoms. The lowest BCUT2D eigenvalue weighted by molar-refractivity contribution is -0.619. The smallest absolute Gasteiger partial charge is 0.182 e.